The van der Waals surface area contributed by atoms with Crippen LogP contribution < -0.4 is 15.6 Å². The Balaban J connectivity index is 1.88. The van der Waals surface area contributed by atoms with Crippen molar-refractivity contribution in [1.82, 2.24) is 15.3 Å². The Morgan fingerprint density at radius 1 is 1.64 bits per heavy atom. The van der Waals surface area contributed by atoms with E-state index in [1.165, 1.54) is 12.4 Å². The smallest absolute Gasteiger partial charge is 0.254 e. The van der Waals surface area contributed by atoms with Crippen LogP contribution in [0.2, 0.25) is 0 Å². The number of nitrogens with zero attached hydrogens (tertiary/aromatic N) is 1. The fourth-order valence-corrected chi connectivity index (χ4v) is 1.49. The van der Waals surface area contributed by atoms with Crippen molar-refractivity contribution in [3.63, 3.8) is 0 Å². The van der Waals surface area contributed by atoms with Crippen molar-refractivity contribution in [3.05, 3.63) is 22.7 Å². The van der Waals surface area contributed by atoms with E-state index in [4.69, 9.17) is 4.74 Å². The molecule has 1 atom stereocenters. The van der Waals surface area contributed by atoms with Gasteiger partial charge in [-0.25, -0.2) is 4.98 Å². The molecule has 1 aromatic heterocycles. The van der Waals surface area contributed by atoms with E-state index < -0.39 is 0 Å². The lowest BCUT2D eigenvalue weighted by Crippen LogP contribution is -2.16. The van der Waals surface area contributed by atoms with Gasteiger partial charge >= 0.3 is 0 Å². The van der Waals surface area contributed by atoms with Crippen LogP contribution in [-0.4, -0.2) is 29.7 Å². The number of rotatable bonds is 3. The Bertz CT molecular complexity index is 344. The van der Waals surface area contributed by atoms with Gasteiger partial charge in [0.05, 0.1) is 19.0 Å². The lowest BCUT2D eigenvalue weighted by molar-refractivity contribution is 0.250. The van der Waals surface area contributed by atoms with Crippen molar-refractivity contribution in [2.45, 2.75) is 6.42 Å². The first kappa shape index (κ1) is 9.21. The van der Waals surface area contributed by atoms with Gasteiger partial charge in [-0.15, -0.1) is 0 Å². The number of H-pyrrole nitrogens is 1. The Morgan fingerprint density at radius 3 is 3.29 bits per heavy atom. The van der Waals surface area contributed by atoms with E-state index in [1.54, 1.807) is 0 Å². The monoisotopic (exact) mass is 195 g/mol. The highest BCUT2D eigenvalue weighted by atomic mass is 16.5. The van der Waals surface area contributed by atoms with Crippen LogP contribution in [0.4, 0.5) is 0 Å². The molecule has 0 radical (unpaired) electrons. The Labute approximate surface area is 81.5 Å². The van der Waals surface area contributed by atoms with Crippen molar-refractivity contribution in [1.29, 1.82) is 0 Å². The maximum Gasteiger partial charge on any atom is 0.254 e. The molecule has 1 aliphatic heterocycles. The predicted octanol–water partition coefficient (Wildman–Crippen LogP) is -0.242. The van der Waals surface area contributed by atoms with E-state index >= 15 is 0 Å². The van der Waals surface area contributed by atoms with Gasteiger partial charge < -0.3 is 15.0 Å². The topological polar surface area (TPSA) is 67.0 Å². The Hall–Kier alpha value is -1.36. The minimum Gasteiger partial charge on any atom is -0.477 e. The summed E-state index contributed by atoms with van der Waals surface area (Å²) >= 11 is 0. The first-order valence-electron chi connectivity index (χ1n) is 4.73. The molecule has 2 N–H and O–H groups in total. The van der Waals surface area contributed by atoms with Crippen LogP contribution in [0.25, 0.3) is 0 Å². The molecule has 1 aliphatic rings. The molecule has 2 heterocycles. The fraction of sp³-hybridized carbons (Fsp3) is 0.556. The second kappa shape index (κ2) is 4.23. The molecule has 14 heavy (non-hydrogen) atoms. The van der Waals surface area contributed by atoms with E-state index in [2.05, 4.69) is 15.3 Å². The standard InChI is InChI=1S/C9H13N3O2/c13-8-3-9(12-6-11-8)14-5-7-1-2-10-4-7/h3,6-7,10H,1-2,4-5H2,(H,11,12,13). The molecule has 1 fully saturated rings. The van der Waals surface area contributed by atoms with Crippen LogP contribution in [0.3, 0.4) is 0 Å². The minimum absolute atomic E-state index is 0.181. The maximum atomic E-state index is 10.9. The van der Waals surface area contributed by atoms with Gasteiger partial charge in [0.1, 0.15) is 0 Å². The number of ether oxygens (including phenoxy) is 1. The summed E-state index contributed by atoms with van der Waals surface area (Å²) < 4.78 is 5.40. The van der Waals surface area contributed by atoms with E-state index in [1.807, 2.05) is 0 Å². The molecule has 5 heteroatoms. The summed E-state index contributed by atoms with van der Waals surface area (Å²) in [6.45, 7) is 2.67. The molecular weight excluding hydrogens is 182 g/mol. The summed E-state index contributed by atoms with van der Waals surface area (Å²) in [6, 6.07) is 1.36. The third kappa shape index (κ3) is 2.32. The number of hydrogen-bond donors (Lipinski definition) is 2. The molecule has 0 spiro atoms. The van der Waals surface area contributed by atoms with Gasteiger partial charge in [-0.2, -0.15) is 0 Å². The summed E-state index contributed by atoms with van der Waals surface area (Å²) in [5.74, 6) is 0.941. The second-order valence-corrected chi connectivity index (χ2v) is 3.42. The largest absolute Gasteiger partial charge is 0.477 e. The third-order valence-electron chi connectivity index (χ3n) is 2.28. The highest BCUT2D eigenvalue weighted by Gasteiger charge is 2.14. The first-order valence-corrected chi connectivity index (χ1v) is 4.73. The van der Waals surface area contributed by atoms with Gasteiger partial charge in [0, 0.05) is 12.5 Å². The van der Waals surface area contributed by atoms with Crippen LogP contribution in [0.15, 0.2) is 17.2 Å². The second-order valence-electron chi connectivity index (χ2n) is 3.42. The van der Waals surface area contributed by atoms with Crippen LogP contribution >= 0.6 is 0 Å². The highest BCUT2D eigenvalue weighted by molar-refractivity contribution is 5.04. The van der Waals surface area contributed by atoms with Crippen molar-refractivity contribution >= 4 is 0 Å². The van der Waals surface area contributed by atoms with Crippen LogP contribution in [0.5, 0.6) is 5.88 Å². The molecule has 5 nitrogen and oxygen atoms in total. The van der Waals surface area contributed by atoms with E-state index in [0.717, 1.165) is 19.5 Å². The molecule has 76 valence electrons. The summed E-state index contributed by atoms with van der Waals surface area (Å²) in [5.41, 5.74) is -0.181. The number of aromatic amines is 1. The van der Waals surface area contributed by atoms with Gasteiger partial charge in [0.2, 0.25) is 5.88 Å². The zero-order valence-corrected chi connectivity index (χ0v) is 7.82. The molecule has 0 aromatic carbocycles. The van der Waals surface area contributed by atoms with Crippen LogP contribution in [0, 0.1) is 5.92 Å². The van der Waals surface area contributed by atoms with Gasteiger partial charge in [-0.1, -0.05) is 0 Å². The first-order chi connectivity index (χ1) is 6.84. The lowest BCUT2D eigenvalue weighted by atomic mass is 10.1. The third-order valence-corrected chi connectivity index (χ3v) is 2.28. The quantitative estimate of drug-likeness (QED) is 0.698. The van der Waals surface area contributed by atoms with E-state index in [-0.39, 0.29) is 5.56 Å². The van der Waals surface area contributed by atoms with Gasteiger partial charge in [0.25, 0.3) is 5.56 Å². The summed E-state index contributed by atoms with van der Waals surface area (Å²) in [5, 5.41) is 3.25. The number of hydrogen-bond acceptors (Lipinski definition) is 4. The molecule has 2 rings (SSSR count). The molecule has 0 aliphatic carbocycles. The SMILES string of the molecule is O=c1cc(OCC2CCNC2)nc[nH]1. The highest BCUT2D eigenvalue weighted by Crippen LogP contribution is 2.09. The fourth-order valence-electron chi connectivity index (χ4n) is 1.49. The normalized spacial score (nSPS) is 21.0. The molecule has 0 saturated carbocycles. The summed E-state index contributed by atoms with van der Waals surface area (Å²) in [6.07, 6.45) is 2.48. The minimum atomic E-state index is -0.181. The van der Waals surface area contributed by atoms with E-state index in [0.29, 0.717) is 18.4 Å². The molecule has 1 aromatic rings. The van der Waals surface area contributed by atoms with Gasteiger partial charge in [-0.3, -0.25) is 4.79 Å². The number of nitrogens with one attached hydrogen (secondary N) is 2. The molecular formula is C9H13N3O2. The van der Waals surface area contributed by atoms with Crippen LogP contribution in [0.1, 0.15) is 6.42 Å². The van der Waals surface area contributed by atoms with Gasteiger partial charge in [0.15, 0.2) is 0 Å². The average Bonchev–Trinajstić information content (AvgIpc) is 2.67. The number of aromatic nitrogens is 2. The summed E-state index contributed by atoms with van der Waals surface area (Å²) in [4.78, 5) is 17.2. The van der Waals surface area contributed by atoms with Crippen molar-refractivity contribution in [2.75, 3.05) is 19.7 Å². The van der Waals surface area contributed by atoms with Crippen molar-refractivity contribution in [2.24, 2.45) is 5.92 Å². The van der Waals surface area contributed by atoms with Crippen molar-refractivity contribution in [3.8, 4) is 5.88 Å². The predicted molar refractivity (Wildman–Crippen MR) is 51.3 cm³/mol. The molecule has 0 bridgehead atoms. The maximum absolute atomic E-state index is 10.9. The van der Waals surface area contributed by atoms with Gasteiger partial charge in [-0.05, 0) is 13.0 Å². The molecule has 0 amide bonds. The Morgan fingerprint density at radius 2 is 2.57 bits per heavy atom. The average molecular weight is 195 g/mol. The lowest BCUT2D eigenvalue weighted by Gasteiger charge is -2.08. The zero-order chi connectivity index (χ0) is 9.80. The Kier molecular flexibility index (Phi) is 2.78. The van der Waals surface area contributed by atoms with Crippen molar-refractivity contribution < 1.29 is 4.74 Å². The molecule has 1 saturated heterocycles. The van der Waals surface area contributed by atoms with E-state index in [9.17, 15) is 4.79 Å². The summed E-state index contributed by atoms with van der Waals surface area (Å²) in [7, 11) is 0. The van der Waals surface area contributed by atoms with Crippen LogP contribution in [-0.2, 0) is 0 Å². The molecule has 1 unspecified atom stereocenters. The zero-order valence-electron chi connectivity index (χ0n) is 7.82.